The molecular formula is C15H10Cl2FN3O2. The van der Waals surface area contributed by atoms with Crippen molar-refractivity contribution in [2.45, 2.75) is 0 Å². The van der Waals surface area contributed by atoms with Crippen molar-refractivity contribution in [1.29, 1.82) is 0 Å². The van der Waals surface area contributed by atoms with Crippen molar-refractivity contribution in [3.63, 3.8) is 0 Å². The normalized spacial score (nSPS) is 12.1. The summed E-state index contributed by atoms with van der Waals surface area (Å²) in [7, 11) is 0. The lowest BCUT2D eigenvalue weighted by molar-refractivity contribution is 0.174. The molecule has 1 N–H and O–H groups in total. The quantitative estimate of drug-likeness (QED) is 0.743. The number of fused-ring (bicyclic) bond motifs is 2. The molecule has 0 bridgehead atoms. The van der Waals surface area contributed by atoms with Crippen LogP contribution in [0.25, 0.3) is 10.9 Å². The van der Waals surface area contributed by atoms with Crippen LogP contribution in [0.5, 0.6) is 11.5 Å². The molecule has 2 aromatic carbocycles. The summed E-state index contributed by atoms with van der Waals surface area (Å²) in [5, 5.41) is 3.74. The molecule has 0 aliphatic carbocycles. The Hall–Kier alpha value is -2.31. The highest BCUT2D eigenvalue weighted by Gasteiger charge is 2.21. The molecule has 23 heavy (non-hydrogen) atoms. The van der Waals surface area contributed by atoms with Crippen LogP contribution in [-0.4, -0.2) is 16.8 Å². The zero-order valence-electron chi connectivity index (χ0n) is 11.5. The first-order valence-electron chi connectivity index (χ1n) is 6.48. The van der Waals surface area contributed by atoms with Crippen molar-refractivity contribution in [3.05, 3.63) is 47.5 Å². The van der Waals surface area contributed by atoms with Gasteiger partial charge >= 0.3 is 0 Å². The summed E-state index contributed by atoms with van der Waals surface area (Å²) in [4.78, 5) is 8.17. The summed E-state index contributed by atoms with van der Waals surface area (Å²) in [5.74, 6) is 0.955. The Kier molecular flexibility index (Phi) is 4.11. The molecule has 0 amide bonds. The average Bonchev–Trinajstić information content (AvgIpc) is 2.99. The fraction of sp³-hybridized carbons (Fsp3) is 0.0667. The molecule has 1 aliphatic rings. The van der Waals surface area contributed by atoms with E-state index in [0.29, 0.717) is 33.5 Å². The zero-order chi connectivity index (χ0) is 15.1. The molecule has 0 atom stereocenters. The number of hydrogen-bond acceptors (Lipinski definition) is 5. The smallest absolute Gasteiger partial charge is 0.231 e. The van der Waals surface area contributed by atoms with E-state index in [1.165, 1.54) is 12.4 Å². The summed E-state index contributed by atoms with van der Waals surface area (Å²) >= 11 is 6.21. The number of halogens is 3. The summed E-state index contributed by atoms with van der Waals surface area (Å²) in [6, 6.07) is 8.06. The first-order valence-corrected chi connectivity index (χ1v) is 6.86. The number of nitrogens with zero attached hydrogens (tertiary/aromatic N) is 2. The van der Waals surface area contributed by atoms with Crippen molar-refractivity contribution < 1.29 is 13.9 Å². The van der Waals surface area contributed by atoms with Crippen molar-refractivity contribution in [3.8, 4) is 11.5 Å². The van der Waals surface area contributed by atoms with Crippen LogP contribution < -0.4 is 14.8 Å². The third kappa shape index (κ3) is 2.60. The third-order valence-corrected chi connectivity index (χ3v) is 3.66. The lowest BCUT2D eigenvalue weighted by atomic mass is 10.2. The van der Waals surface area contributed by atoms with Gasteiger partial charge in [-0.1, -0.05) is 17.7 Å². The molecule has 2 heterocycles. The number of ether oxygens (including phenoxy) is 2. The van der Waals surface area contributed by atoms with Crippen molar-refractivity contribution >= 4 is 46.4 Å². The lowest BCUT2D eigenvalue weighted by Gasteiger charge is -2.12. The number of rotatable bonds is 2. The van der Waals surface area contributed by atoms with Gasteiger partial charge in [-0.3, -0.25) is 0 Å². The maximum atomic E-state index is 14.1. The first kappa shape index (κ1) is 15.6. The highest BCUT2D eigenvalue weighted by atomic mass is 35.5. The van der Waals surface area contributed by atoms with Crippen LogP contribution in [0.4, 0.5) is 15.9 Å². The highest BCUT2D eigenvalue weighted by molar-refractivity contribution is 6.34. The van der Waals surface area contributed by atoms with Gasteiger partial charge < -0.3 is 14.8 Å². The van der Waals surface area contributed by atoms with Gasteiger partial charge in [0.2, 0.25) is 6.79 Å². The predicted octanol–water partition coefficient (Wildman–Crippen LogP) is 4.32. The van der Waals surface area contributed by atoms with Crippen LogP contribution >= 0.6 is 24.0 Å². The first-order chi connectivity index (χ1) is 10.7. The standard InChI is InChI=1S/C15H9ClFN3O2.ClH/c16-8-4-5-11-14(22-7-21-11)13(8)20-15-12-9(17)2-1-3-10(12)18-6-19-15;/h1-6H,7H2,(H,18,19,20);1H. The van der Waals surface area contributed by atoms with E-state index in [1.54, 1.807) is 24.3 Å². The highest BCUT2D eigenvalue weighted by Crippen LogP contribution is 2.45. The molecule has 4 rings (SSSR count). The van der Waals surface area contributed by atoms with Gasteiger partial charge in [0.25, 0.3) is 0 Å². The largest absolute Gasteiger partial charge is 0.454 e. The monoisotopic (exact) mass is 353 g/mol. The average molecular weight is 354 g/mol. The van der Waals surface area contributed by atoms with Crippen LogP contribution in [-0.2, 0) is 0 Å². The number of anilines is 2. The Labute approximate surface area is 141 Å². The van der Waals surface area contributed by atoms with E-state index < -0.39 is 5.82 Å². The Bertz CT molecular complexity index is 887. The maximum absolute atomic E-state index is 14.1. The second-order valence-corrected chi connectivity index (χ2v) is 5.04. The van der Waals surface area contributed by atoms with Gasteiger partial charge in [-0.05, 0) is 24.3 Å². The second-order valence-electron chi connectivity index (χ2n) is 4.64. The van der Waals surface area contributed by atoms with Crippen LogP contribution in [0.2, 0.25) is 5.02 Å². The number of benzene rings is 2. The molecule has 8 heteroatoms. The lowest BCUT2D eigenvalue weighted by Crippen LogP contribution is -2.00. The van der Waals surface area contributed by atoms with Crippen LogP contribution in [0.3, 0.4) is 0 Å². The molecule has 118 valence electrons. The van der Waals surface area contributed by atoms with E-state index in [0.717, 1.165) is 0 Å². The van der Waals surface area contributed by atoms with E-state index in [2.05, 4.69) is 15.3 Å². The Morgan fingerprint density at radius 1 is 1.13 bits per heavy atom. The summed E-state index contributed by atoms with van der Waals surface area (Å²) in [6.45, 7) is 0.114. The molecule has 0 spiro atoms. The van der Waals surface area contributed by atoms with Gasteiger partial charge in [0.05, 0.1) is 15.9 Å². The molecule has 0 saturated carbocycles. The summed E-state index contributed by atoms with van der Waals surface area (Å²) in [6.07, 6.45) is 1.36. The molecule has 0 saturated heterocycles. The van der Waals surface area contributed by atoms with Crippen molar-refractivity contribution in [1.82, 2.24) is 9.97 Å². The van der Waals surface area contributed by atoms with Gasteiger partial charge in [-0.25, -0.2) is 14.4 Å². The maximum Gasteiger partial charge on any atom is 0.231 e. The third-order valence-electron chi connectivity index (χ3n) is 3.34. The molecular weight excluding hydrogens is 344 g/mol. The second kappa shape index (κ2) is 6.06. The molecule has 5 nitrogen and oxygen atoms in total. The predicted molar refractivity (Wildman–Crippen MR) is 87.6 cm³/mol. The van der Waals surface area contributed by atoms with Crippen LogP contribution in [0, 0.1) is 5.82 Å². The van der Waals surface area contributed by atoms with Crippen molar-refractivity contribution in [2.75, 3.05) is 12.1 Å². The van der Waals surface area contributed by atoms with E-state index in [4.69, 9.17) is 21.1 Å². The van der Waals surface area contributed by atoms with Gasteiger partial charge in [-0.15, -0.1) is 12.4 Å². The molecule has 1 aromatic heterocycles. The van der Waals surface area contributed by atoms with Gasteiger partial charge in [0.15, 0.2) is 11.5 Å². The fourth-order valence-corrected chi connectivity index (χ4v) is 2.54. The Balaban J connectivity index is 0.00000156. The van der Waals surface area contributed by atoms with E-state index in [1.807, 2.05) is 0 Å². The number of aromatic nitrogens is 2. The topological polar surface area (TPSA) is 56.3 Å². The minimum atomic E-state index is -0.415. The summed E-state index contributed by atoms with van der Waals surface area (Å²) in [5.41, 5.74) is 0.985. The summed E-state index contributed by atoms with van der Waals surface area (Å²) < 4.78 is 24.8. The van der Waals surface area contributed by atoms with Gasteiger partial charge in [-0.2, -0.15) is 0 Å². The zero-order valence-corrected chi connectivity index (χ0v) is 13.1. The van der Waals surface area contributed by atoms with Crippen molar-refractivity contribution in [2.24, 2.45) is 0 Å². The van der Waals surface area contributed by atoms with Crippen LogP contribution in [0.15, 0.2) is 36.7 Å². The fourth-order valence-electron chi connectivity index (χ4n) is 2.35. The van der Waals surface area contributed by atoms with Crippen LogP contribution in [0.1, 0.15) is 0 Å². The van der Waals surface area contributed by atoms with Gasteiger partial charge in [0.1, 0.15) is 23.6 Å². The molecule has 0 radical (unpaired) electrons. The number of hydrogen-bond donors (Lipinski definition) is 1. The molecule has 3 aromatic rings. The molecule has 0 unspecified atom stereocenters. The SMILES string of the molecule is Cl.Fc1cccc2ncnc(Nc3c(Cl)ccc4c3OCO4)c12. The van der Waals surface area contributed by atoms with E-state index in [9.17, 15) is 4.39 Å². The van der Waals surface area contributed by atoms with Gasteiger partial charge in [0, 0.05) is 0 Å². The Morgan fingerprint density at radius 2 is 2.00 bits per heavy atom. The van der Waals surface area contributed by atoms with E-state index in [-0.39, 0.29) is 24.6 Å². The molecule has 0 fully saturated rings. The minimum absolute atomic E-state index is 0. The number of nitrogens with one attached hydrogen (secondary N) is 1. The molecule has 1 aliphatic heterocycles. The van der Waals surface area contributed by atoms with E-state index >= 15 is 0 Å². The Morgan fingerprint density at radius 3 is 2.87 bits per heavy atom. The minimum Gasteiger partial charge on any atom is -0.454 e.